The summed E-state index contributed by atoms with van der Waals surface area (Å²) < 4.78 is 2.30. The Kier molecular flexibility index (Phi) is 3.88. The van der Waals surface area contributed by atoms with Gasteiger partial charge >= 0.3 is 6.03 Å². The van der Waals surface area contributed by atoms with Crippen molar-refractivity contribution in [2.45, 2.75) is 63.6 Å². The molecule has 5 aliphatic rings. The molecule has 1 aliphatic heterocycles. The molecule has 2 aromatic rings. The molecular weight excluding hydrogens is 358 g/mol. The lowest BCUT2D eigenvalue weighted by molar-refractivity contribution is -0.0165. The van der Waals surface area contributed by atoms with E-state index in [1.807, 2.05) is 0 Å². The Morgan fingerprint density at radius 1 is 0.966 bits per heavy atom. The highest BCUT2D eigenvalue weighted by Crippen LogP contribution is 2.55. The van der Waals surface area contributed by atoms with Crippen LogP contribution in [0.1, 0.15) is 61.4 Å². The second-order valence-corrected chi connectivity index (χ2v) is 10.3. The van der Waals surface area contributed by atoms with Crippen molar-refractivity contribution in [2.75, 3.05) is 6.54 Å². The van der Waals surface area contributed by atoms with Gasteiger partial charge in [-0.2, -0.15) is 0 Å². The maximum Gasteiger partial charge on any atom is 0.318 e. The van der Waals surface area contributed by atoms with E-state index in [9.17, 15) is 4.79 Å². The van der Waals surface area contributed by atoms with Crippen molar-refractivity contribution in [3.8, 4) is 0 Å². The van der Waals surface area contributed by atoms with E-state index in [2.05, 4.69) is 64.3 Å². The summed E-state index contributed by atoms with van der Waals surface area (Å²) >= 11 is 0. The van der Waals surface area contributed by atoms with Crippen LogP contribution in [0.2, 0.25) is 0 Å². The topological polar surface area (TPSA) is 37.3 Å². The van der Waals surface area contributed by atoms with Gasteiger partial charge in [-0.05, 0) is 80.9 Å². The normalized spacial score (nSPS) is 34.9. The van der Waals surface area contributed by atoms with Crippen LogP contribution in [-0.2, 0) is 6.54 Å². The highest BCUT2D eigenvalue weighted by Gasteiger charge is 2.52. The molecule has 1 N–H and O–H groups in total. The van der Waals surface area contributed by atoms with Crippen LogP contribution in [-0.4, -0.2) is 27.6 Å². The van der Waals surface area contributed by atoms with Crippen LogP contribution in [0.5, 0.6) is 0 Å². The molecule has 1 unspecified atom stereocenters. The Labute approximate surface area is 173 Å². The van der Waals surface area contributed by atoms with Gasteiger partial charge < -0.3 is 14.8 Å². The Morgan fingerprint density at radius 2 is 1.62 bits per heavy atom. The lowest BCUT2D eigenvalue weighted by Gasteiger charge is -2.57. The number of nitrogens with zero attached hydrogens (tertiary/aromatic N) is 2. The number of benzene rings is 1. The van der Waals surface area contributed by atoms with Crippen LogP contribution >= 0.6 is 0 Å². The van der Waals surface area contributed by atoms with Crippen molar-refractivity contribution < 1.29 is 4.79 Å². The number of urea groups is 1. The SMILES string of the molecule is Cc1ccc(C2c3cccn3CCN2C(=O)NC23CC4CC(CC(C4)C2)C3)cc1. The average molecular weight is 390 g/mol. The number of hydrogen-bond donors (Lipinski definition) is 1. The Balaban J connectivity index is 1.30. The van der Waals surface area contributed by atoms with Crippen molar-refractivity contribution in [1.82, 2.24) is 14.8 Å². The maximum absolute atomic E-state index is 13.7. The smallest absolute Gasteiger partial charge is 0.318 e. The highest BCUT2D eigenvalue weighted by molar-refractivity contribution is 5.76. The van der Waals surface area contributed by atoms with E-state index in [0.717, 1.165) is 30.8 Å². The number of fused-ring (bicyclic) bond motifs is 1. The lowest BCUT2D eigenvalue weighted by atomic mass is 9.53. The Bertz CT molecular complexity index is 893. The van der Waals surface area contributed by atoms with Crippen LogP contribution < -0.4 is 5.32 Å². The van der Waals surface area contributed by atoms with Gasteiger partial charge in [-0.1, -0.05) is 29.8 Å². The zero-order chi connectivity index (χ0) is 19.6. The van der Waals surface area contributed by atoms with E-state index in [0.29, 0.717) is 0 Å². The number of aryl methyl sites for hydroxylation is 1. The third-order valence-corrected chi connectivity index (χ3v) is 8.10. The first-order chi connectivity index (χ1) is 14.1. The molecule has 4 aliphatic carbocycles. The van der Waals surface area contributed by atoms with Crippen LogP contribution in [0.25, 0.3) is 0 Å². The number of amides is 2. The molecule has 4 heteroatoms. The fraction of sp³-hybridized carbons (Fsp3) is 0.560. The molecule has 4 fully saturated rings. The van der Waals surface area contributed by atoms with Gasteiger partial charge in [-0.15, -0.1) is 0 Å². The van der Waals surface area contributed by atoms with Gasteiger partial charge in [-0.25, -0.2) is 4.79 Å². The zero-order valence-electron chi connectivity index (χ0n) is 17.3. The summed E-state index contributed by atoms with van der Waals surface area (Å²) in [7, 11) is 0. The first kappa shape index (κ1) is 17.6. The molecule has 29 heavy (non-hydrogen) atoms. The van der Waals surface area contributed by atoms with Gasteiger partial charge in [0.05, 0.1) is 6.04 Å². The van der Waals surface area contributed by atoms with Gasteiger partial charge in [0.1, 0.15) is 0 Å². The van der Waals surface area contributed by atoms with E-state index in [-0.39, 0.29) is 17.6 Å². The van der Waals surface area contributed by atoms with E-state index in [4.69, 9.17) is 0 Å². The summed E-state index contributed by atoms with van der Waals surface area (Å²) in [5.74, 6) is 2.52. The molecule has 1 atom stereocenters. The predicted molar refractivity (Wildman–Crippen MR) is 114 cm³/mol. The summed E-state index contributed by atoms with van der Waals surface area (Å²) in [6, 6.07) is 13.1. The standard InChI is InChI=1S/C25H31N3O/c1-17-4-6-21(7-5-17)23-22-3-2-8-27(22)9-10-28(23)24(29)26-25-14-18-11-19(15-25)13-20(12-18)16-25/h2-8,18-20,23H,9-16H2,1H3,(H,26,29). The Hall–Kier alpha value is -2.23. The average Bonchev–Trinajstić information content (AvgIpc) is 3.15. The molecule has 0 spiro atoms. The number of rotatable bonds is 2. The van der Waals surface area contributed by atoms with Crippen molar-refractivity contribution in [3.63, 3.8) is 0 Å². The highest BCUT2D eigenvalue weighted by atomic mass is 16.2. The Morgan fingerprint density at radius 3 is 2.28 bits per heavy atom. The molecule has 0 saturated heterocycles. The number of carbonyl (C=O) groups excluding carboxylic acids is 1. The van der Waals surface area contributed by atoms with Crippen molar-refractivity contribution in [3.05, 3.63) is 59.4 Å². The quantitative estimate of drug-likeness (QED) is 0.781. The molecule has 2 amide bonds. The van der Waals surface area contributed by atoms with Crippen LogP contribution in [0.3, 0.4) is 0 Å². The maximum atomic E-state index is 13.7. The monoisotopic (exact) mass is 389 g/mol. The molecule has 2 heterocycles. The summed E-state index contributed by atoms with van der Waals surface area (Å²) in [5, 5.41) is 3.61. The minimum Gasteiger partial charge on any atom is -0.348 e. The molecule has 4 saturated carbocycles. The van der Waals surface area contributed by atoms with Crippen molar-refractivity contribution in [1.29, 1.82) is 0 Å². The molecule has 4 nitrogen and oxygen atoms in total. The molecule has 1 aromatic heterocycles. The van der Waals surface area contributed by atoms with Crippen molar-refractivity contribution in [2.24, 2.45) is 17.8 Å². The summed E-state index contributed by atoms with van der Waals surface area (Å²) in [4.78, 5) is 15.8. The fourth-order valence-corrected chi connectivity index (χ4v) is 7.26. The fourth-order valence-electron chi connectivity index (χ4n) is 7.26. The van der Waals surface area contributed by atoms with Gasteiger partial charge in [0.2, 0.25) is 0 Å². The lowest BCUT2D eigenvalue weighted by Crippen LogP contribution is -2.62. The van der Waals surface area contributed by atoms with Crippen LogP contribution in [0.15, 0.2) is 42.6 Å². The zero-order valence-corrected chi connectivity index (χ0v) is 17.3. The second kappa shape index (κ2) is 6.38. The summed E-state index contributed by atoms with van der Waals surface area (Å²) in [5.41, 5.74) is 3.74. The van der Waals surface area contributed by atoms with Gasteiger partial charge in [0, 0.05) is 30.5 Å². The predicted octanol–water partition coefficient (Wildman–Crippen LogP) is 4.88. The molecule has 4 bridgehead atoms. The number of aromatic nitrogens is 1. The van der Waals surface area contributed by atoms with E-state index < -0.39 is 0 Å². The molecule has 7 rings (SSSR count). The third-order valence-electron chi connectivity index (χ3n) is 8.10. The number of carbonyl (C=O) groups is 1. The molecule has 152 valence electrons. The van der Waals surface area contributed by atoms with Gasteiger partial charge in [0.15, 0.2) is 0 Å². The number of hydrogen-bond acceptors (Lipinski definition) is 1. The minimum atomic E-state index is -0.00624. The summed E-state index contributed by atoms with van der Waals surface area (Å²) in [6.07, 6.45) is 9.94. The molecule has 1 aromatic carbocycles. The summed E-state index contributed by atoms with van der Waals surface area (Å²) in [6.45, 7) is 3.75. The van der Waals surface area contributed by atoms with Crippen LogP contribution in [0.4, 0.5) is 4.79 Å². The van der Waals surface area contributed by atoms with E-state index in [1.165, 1.54) is 55.3 Å². The van der Waals surface area contributed by atoms with Gasteiger partial charge in [-0.3, -0.25) is 0 Å². The molecule has 0 radical (unpaired) electrons. The van der Waals surface area contributed by atoms with E-state index in [1.54, 1.807) is 0 Å². The van der Waals surface area contributed by atoms with Gasteiger partial charge in [0.25, 0.3) is 0 Å². The second-order valence-electron chi connectivity index (χ2n) is 10.3. The van der Waals surface area contributed by atoms with Crippen molar-refractivity contribution >= 4 is 6.03 Å². The molecular formula is C25H31N3O. The minimum absolute atomic E-state index is 0.00624. The first-order valence-electron chi connectivity index (χ1n) is 11.4. The first-order valence-corrected chi connectivity index (χ1v) is 11.4. The largest absolute Gasteiger partial charge is 0.348 e. The third kappa shape index (κ3) is 2.91. The van der Waals surface area contributed by atoms with Crippen LogP contribution in [0, 0.1) is 24.7 Å². The van der Waals surface area contributed by atoms with E-state index >= 15 is 0 Å². The number of nitrogens with one attached hydrogen (secondary N) is 1.